The number of nitrogens with one attached hydrogen (secondary N) is 2. The Labute approximate surface area is 340 Å². The van der Waals surface area contributed by atoms with Crippen LogP contribution in [0.2, 0.25) is 0 Å². The lowest BCUT2D eigenvalue weighted by Crippen LogP contribution is -2.38. The molecule has 6 aromatic carbocycles. The van der Waals surface area contributed by atoms with Gasteiger partial charge in [-0.15, -0.1) is 0 Å². The fourth-order valence-electron chi connectivity index (χ4n) is 10.2. The van der Waals surface area contributed by atoms with Crippen LogP contribution in [0, 0.1) is 6.92 Å². The number of H-pyrrole nitrogens is 1. The summed E-state index contributed by atoms with van der Waals surface area (Å²) >= 11 is 1.55. The molecule has 2 atom stereocenters. The van der Waals surface area contributed by atoms with E-state index in [1.165, 1.54) is 16.8 Å². The molecule has 2 N–H and O–H groups in total. The van der Waals surface area contributed by atoms with Gasteiger partial charge in [0, 0.05) is 44.2 Å². The highest BCUT2D eigenvalue weighted by Crippen LogP contribution is 2.49. The van der Waals surface area contributed by atoms with Gasteiger partial charge in [-0.3, -0.25) is 14.2 Å². The largest absolute Gasteiger partial charge is 0.358 e. The zero-order valence-corrected chi connectivity index (χ0v) is 33.2. The number of nitrogens with zero attached hydrogens (tertiary/aromatic N) is 4. The van der Waals surface area contributed by atoms with E-state index in [4.69, 9.17) is 9.97 Å². The molecule has 0 fully saturated rings. The van der Waals surface area contributed by atoms with Gasteiger partial charge in [0.15, 0.2) is 4.96 Å². The zero-order valence-electron chi connectivity index (χ0n) is 32.3. The van der Waals surface area contributed by atoms with Crippen molar-refractivity contribution < 1.29 is 4.79 Å². The van der Waals surface area contributed by atoms with Crippen LogP contribution in [-0.4, -0.2) is 29.8 Å². The Morgan fingerprint density at radius 3 is 2.44 bits per heavy atom. The van der Waals surface area contributed by atoms with E-state index in [0.29, 0.717) is 15.9 Å². The number of hydrogen-bond acceptors (Lipinski definition) is 6. The third-order valence-corrected chi connectivity index (χ3v) is 14.5. The number of imidazole rings is 2. The van der Waals surface area contributed by atoms with Gasteiger partial charge in [0.25, 0.3) is 11.5 Å². The summed E-state index contributed by atoms with van der Waals surface area (Å²) in [7, 11) is 0. The van der Waals surface area contributed by atoms with Crippen LogP contribution in [0.3, 0.4) is 0 Å². The van der Waals surface area contributed by atoms with Crippen LogP contribution >= 0.6 is 11.3 Å². The maximum Gasteiger partial charge on any atom is 0.266 e. The molecular weight excluding hydrogens is 749 g/mol. The predicted octanol–water partition coefficient (Wildman–Crippen LogP) is 10.9. The average Bonchev–Trinajstić information content (AvgIpc) is 3.99. The molecule has 10 aromatic rings. The molecule has 0 bridgehead atoms. The topological polar surface area (TPSA) is 97.1 Å². The molecule has 0 saturated heterocycles. The molecule has 0 saturated carbocycles. The first-order chi connectivity index (χ1) is 28.7. The van der Waals surface area contributed by atoms with E-state index < -0.39 is 5.41 Å². The van der Waals surface area contributed by atoms with E-state index in [1.807, 2.05) is 34.9 Å². The van der Waals surface area contributed by atoms with Crippen molar-refractivity contribution in [3.05, 3.63) is 177 Å². The van der Waals surface area contributed by atoms with Crippen molar-refractivity contribution in [3.8, 4) is 11.1 Å². The maximum atomic E-state index is 14.4. The molecule has 4 aromatic heterocycles. The van der Waals surface area contributed by atoms with Crippen molar-refractivity contribution in [1.29, 1.82) is 0 Å². The van der Waals surface area contributed by atoms with Crippen molar-refractivity contribution in [2.24, 2.45) is 0 Å². The van der Waals surface area contributed by atoms with Gasteiger partial charge in [-0.25, -0.2) is 14.4 Å². The number of hydrogen-bond donors (Lipinski definition) is 2. The minimum Gasteiger partial charge on any atom is -0.358 e. The lowest BCUT2D eigenvalue weighted by Gasteiger charge is -2.36. The highest BCUT2D eigenvalue weighted by atomic mass is 32.1. The van der Waals surface area contributed by atoms with Crippen LogP contribution in [0.25, 0.3) is 70.0 Å². The first-order valence-electron chi connectivity index (χ1n) is 20.0. The predicted molar refractivity (Wildman–Crippen MR) is 238 cm³/mol. The molecule has 0 spiro atoms. The Morgan fingerprint density at radius 2 is 1.56 bits per heavy atom. The molecule has 282 valence electrons. The van der Waals surface area contributed by atoms with Gasteiger partial charge >= 0.3 is 0 Å². The Balaban J connectivity index is 0.953. The SMILES string of the molecule is Cc1ccc(C2(C)c3ccccc3C(=O)n3c2nc2cc4c(cc23)[nH]c2cc(-c3cccc5c(=O)n6c(nc7cc8c(cc76)C6(C)CC=CC=C6N8)sc35)ccc24)cc1. The second kappa shape index (κ2) is 11.1. The first kappa shape index (κ1) is 32.9. The number of anilines is 1. The molecule has 59 heavy (non-hydrogen) atoms. The smallest absolute Gasteiger partial charge is 0.266 e. The van der Waals surface area contributed by atoms with Gasteiger partial charge in [0.1, 0.15) is 5.82 Å². The second-order valence-electron chi connectivity index (χ2n) is 16.8. The summed E-state index contributed by atoms with van der Waals surface area (Å²) in [5.74, 6) is 0.648. The van der Waals surface area contributed by atoms with E-state index in [9.17, 15) is 9.59 Å². The van der Waals surface area contributed by atoms with Crippen LogP contribution in [0.15, 0.2) is 138 Å². The standard InChI is InChI=1S/C50H34N6O2S/c1-26-14-17-28(18-15-26)50(3)34-12-5-4-9-31(34)45(57)55-42-25-37-33(22-39(42)53-47(50)55)30-19-16-27(21-36(30)51-37)29-10-8-11-32-44(29)59-48-54-40-24-38-35(23-41(40)56(48)46(32)58)49(2)20-7-6-13-43(49)52-38/h4-19,21-25,51-52H,20H2,1-3H3. The molecule has 1 aliphatic carbocycles. The van der Waals surface area contributed by atoms with E-state index in [2.05, 4.69) is 128 Å². The highest BCUT2D eigenvalue weighted by Gasteiger charge is 2.44. The molecule has 9 heteroatoms. The van der Waals surface area contributed by atoms with Crippen molar-refractivity contribution in [3.63, 3.8) is 0 Å². The summed E-state index contributed by atoms with van der Waals surface area (Å²) in [5.41, 5.74) is 13.5. The Kier molecular flexibility index (Phi) is 6.19. The normalized spacial score (nSPS) is 19.4. The summed E-state index contributed by atoms with van der Waals surface area (Å²) in [6.07, 6.45) is 7.35. The maximum absolute atomic E-state index is 14.4. The third-order valence-electron chi connectivity index (χ3n) is 13.4. The summed E-state index contributed by atoms with van der Waals surface area (Å²) in [6, 6.07) is 37.3. The van der Waals surface area contributed by atoms with Gasteiger partial charge < -0.3 is 10.3 Å². The van der Waals surface area contributed by atoms with Crippen LogP contribution < -0.4 is 10.9 Å². The number of carbonyl (C=O) groups excluding carboxylic acids is 1. The number of carbonyl (C=O) groups is 1. The number of allylic oxidation sites excluding steroid dienone is 4. The molecule has 8 nitrogen and oxygen atoms in total. The lowest BCUT2D eigenvalue weighted by atomic mass is 9.71. The fraction of sp³-hybridized carbons (Fsp3) is 0.120. The van der Waals surface area contributed by atoms with Crippen molar-refractivity contribution in [2.45, 2.75) is 38.0 Å². The van der Waals surface area contributed by atoms with Crippen molar-refractivity contribution >= 4 is 81.9 Å². The number of fused-ring (bicyclic) bond motifs is 14. The summed E-state index contributed by atoms with van der Waals surface area (Å²) in [6.45, 7) is 6.52. The van der Waals surface area contributed by atoms with Gasteiger partial charge in [0.2, 0.25) is 0 Å². The lowest BCUT2D eigenvalue weighted by molar-refractivity contribution is 0.0949. The number of aromatic amines is 1. The van der Waals surface area contributed by atoms with E-state index in [1.54, 1.807) is 15.7 Å². The first-order valence-corrected chi connectivity index (χ1v) is 20.8. The number of aromatic nitrogens is 5. The molecule has 0 amide bonds. The molecule has 13 rings (SSSR count). The summed E-state index contributed by atoms with van der Waals surface area (Å²) < 4.78 is 4.51. The van der Waals surface area contributed by atoms with Gasteiger partial charge in [-0.1, -0.05) is 95.8 Å². The Morgan fingerprint density at radius 1 is 0.746 bits per heavy atom. The van der Waals surface area contributed by atoms with Gasteiger partial charge in [0.05, 0.1) is 37.6 Å². The minimum atomic E-state index is -0.635. The molecular formula is C50H34N6O2S. The fourth-order valence-corrected chi connectivity index (χ4v) is 11.4. The second-order valence-corrected chi connectivity index (χ2v) is 17.7. The minimum absolute atomic E-state index is 0.0667. The van der Waals surface area contributed by atoms with Gasteiger partial charge in [-0.05, 0) is 104 Å². The van der Waals surface area contributed by atoms with Crippen LogP contribution in [-0.2, 0) is 10.8 Å². The zero-order chi connectivity index (χ0) is 39.5. The Hall–Kier alpha value is -7.10. The third kappa shape index (κ3) is 4.17. The highest BCUT2D eigenvalue weighted by molar-refractivity contribution is 7.23. The van der Waals surface area contributed by atoms with Crippen molar-refractivity contribution in [1.82, 2.24) is 23.9 Å². The molecule has 2 unspecified atom stereocenters. The monoisotopic (exact) mass is 782 g/mol. The van der Waals surface area contributed by atoms with Crippen LogP contribution in [0.4, 0.5) is 5.69 Å². The molecule has 0 radical (unpaired) electrons. The quantitative estimate of drug-likeness (QED) is 0.182. The van der Waals surface area contributed by atoms with E-state index >= 15 is 0 Å². The van der Waals surface area contributed by atoms with E-state index in [0.717, 1.165) is 88.8 Å². The van der Waals surface area contributed by atoms with Crippen LogP contribution in [0.1, 0.15) is 58.7 Å². The summed E-state index contributed by atoms with van der Waals surface area (Å²) in [5, 5.41) is 6.37. The average molecular weight is 783 g/mol. The number of benzene rings is 6. The number of aryl methyl sites for hydroxylation is 1. The van der Waals surface area contributed by atoms with Crippen molar-refractivity contribution in [2.75, 3.05) is 5.32 Å². The Bertz CT molecular complexity index is 3710. The summed E-state index contributed by atoms with van der Waals surface area (Å²) in [4.78, 5) is 43.4. The van der Waals surface area contributed by atoms with Gasteiger partial charge in [-0.2, -0.15) is 0 Å². The number of rotatable bonds is 2. The van der Waals surface area contributed by atoms with Crippen LogP contribution in [0.5, 0.6) is 0 Å². The molecule has 6 heterocycles. The molecule has 3 aliphatic rings. The molecule has 2 aliphatic heterocycles. The van der Waals surface area contributed by atoms with E-state index in [-0.39, 0.29) is 16.9 Å².